The summed E-state index contributed by atoms with van der Waals surface area (Å²) in [6, 6.07) is 0.344. The molecule has 0 amide bonds. The highest BCUT2D eigenvalue weighted by molar-refractivity contribution is 5.05. The summed E-state index contributed by atoms with van der Waals surface area (Å²) in [6.07, 6.45) is 3.77. The van der Waals surface area contributed by atoms with Crippen molar-refractivity contribution in [1.82, 2.24) is 20.1 Å². The Morgan fingerprint density at radius 2 is 2.27 bits per heavy atom. The third-order valence-corrected chi connectivity index (χ3v) is 3.32. The van der Waals surface area contributed by atoms with Gasteiger partial charge in [-0.05, 0) is 25.8 Å². The van der Waals surface area contributed by atoms with Crippen molar-refractivity contribution in [3.63, 3.8) is 0 Å². The standard InChI is InChI=1S/C10H16N4O/c15-7-3-4-9-12-13-10(14(9)6-7)8-2-1-5-11-8/h7-8,11,15H,1-6H2. The van der Waals surface area contributed by atoms with E-state index in [0.717, 1.165) is 37.5 Å². The number of aryl methyl sites for hydroxylation is 1. The Labute approximate surface area is 88.5 Å². The van der Waals surface area contributed by atoms with Crippen LogP contribution >= 0.6 is 0 Å². The molecule has 0 bridgehead atoms. The zero-order valence-corrected chi connectivity index (χ0v) is 8.69. The quantitative estimate of drug-likeness (QED) is 0.682. The Hall–Kier alpha value is -0.940. The molecule has 1 aromatic heterocycles. The molecule has 3 rings (SSSR count). The maximum atomic E-state index is 9.64. The van der Waals surface area contributed by atoms with Gasteiger partial charge in [-0.15, -0.1) is 10.2 Å². The largest absolute Gasteiger partial charge is 0.391 e. The summed E-state index contributed by atoms with van der Waals surface area (Å²) in [5.74, 6) is 2.05. The maximum Gasteiger partial charge on any atom is 0.150 e. The first-order chi connectivity index (χ1) is 7.34. The number of rotatable bonds is 1. The number of nitrogens with one attached hydrogen (secondary N) is 1. The van der Waals surface area contributed by atoms with Gasteiger partial charge >= 0.3 is 0 Å². The van der Waals surface area contributed by atoms with Gasteiger partial charge in [-0.25, -0.2) is 0 Å². The fourth-order valence-electron chi connectivity index (χ4n) is 2.49. The Kier molecular flexibility index (Phi) is 2.21. The second-order valence-corrected chi connectivity index (χ2v) is 4.43. The smallest absolute Gasteiger partial charge is 0.150 e. The van der Waals surface area contributed by atoms with Crippen LogP contribution in [0.4, 0.5) is 0 Å². The molecule has 5 heteroatoms. The molecule has 1 aromatic rings. The minimum Gasteiger partial charge on any atom is -0.391 e. The Morgan fingerprint density at radius 3 is 3.07 bits per heavy atom. The summed E-state index contributed by atoms with van der Waals surface area (Å²) in [5.41, 5.74) is 0. The predicted octanol–water partition coefficient (Wildman–Crippen LogP) is 0.00970. The van der Waals surface area contributed by atoms with Gasteiger partial charge in [0.2, 0.25) is 0 Å². The lowest BCUT2D eigenvalue weighted by Gasteiger charge is -2.21. The molecule has 1 fully saturated rings. The number of hydrogen-bond donors (Lipinski definition) is 2. The molecule has 2 aliphatic rings. The first kappa shape index (κ1) is 9.30. The van der Waals surface area contributed by atoms with Crippen LogP contribution in [0.1, 0.15) is 37.0 Å². The van der Waals surface area contributed by atoms with E-state index >= 15 is 0 Å². The minimum atomic E-state index is -0.228. The van der Waals surface area contributed by atoms with Gasteiger partial charge in [0.05, 0.1) is 18.7 Å². The van der Waals surface area contributed by atoms with E-state index in [-0.39, 0.29) is 6.10 Å². The van der Waals surface area contributed by atoms with Gasteiger partial charge in [0.15, 0.2) is 0 Å². The first-order valence-corrected chi connectivity index (χ1v) is 5.68. The normalized spacial score (nSPS) is 30.5. The fraction of sp³-hybridized carbons (Fsp3) is 0.800. The van der Waals surface area contributed by atoms with Crippen LogP contribution in [-0.4, -0.2) is 32.5 Å². The second-order valence-electron chi connectivity index (χ2n) is 4.43. The number of aromatic nitrogens is 3. The van der Waals surface area contributed by atoms with E-state index in [2.05, 4.69) is 20.1 Å². The fourth-order valence-corrected chi connectivity index (χ4v) is 2.49. The van der Waals surface area contributed by atoms with E-state index in [1.165, 1.54) is 6.42 Å². The van der Waals surface area contributed by atoms with Gasteiger partial charge in [0, 0.05) is 6.42 Å². The van der Waals surface area contributed by atoms with Crippen molar-refractivity contribution >= 4 is 0 Å². The van der Waals surface area contributed by atoms with Crippen molar-refractivity contribution < 1.29 is 5.11 Å². The highest BCUT2D eigenvalue weighted by Crippen LogP contribution is 2.24. The summed E-state index contributed by atoms with van der Waals surface area (Å²) < 4.78 is 2.09. The van der Waals surface area contributed by atoms with Crippen LogP contribution in [0.3, 0.4) is 0 Å². The highest BCUT2D eigenvalue weighted by Gasteiger charge is 2.27. The van der Waals surface area contributed by atoms with Crippen LogP contribution < -0.4 is 5.32 Å². The number of hydrogen-bond acceptors (Lipinski definition) is 4. The van der Waals surface area contributed by atoms with Crippen molar-refractivity contribution in [2.45, 2.75) is 44.4 Å². The van der Waals surface area contributed by atoms with Gasteiger partial charge in [-0.2, -0.15) is 0 Å². The van der Waals surface area contributed by atoms with Gasteiger partial charge in [0.1, 0.15) is 11.6 Å². The molecule has 2 N–H and O–H groups in total. The van der Waals surface area contributed by atoms with Crippen molar-refractivity contribution in [3.8, 4) is 0 Å². The van der Waals surface area contributed by atoms with Crippen molar-refractivity contribution in [2.75, 3.05) is 6.54 Å². The van der Waals surface area contributed by atoms with Crippen molar-refractivity contribution in [1.29, 1.82) is 0 Å². The SMILES string of the molecule is OC1CCc2nnc(C3CCCN3)n2C1. The number of nitrogens with zero attached hydrogens (tertiary/aromatic N) is 3. The van der Waals surface area contributed by atoms with Crippen LogP contribution in [0.2, 0.25) is 0 Å². The van der Waals surface area contributed by atoms with E-state index in [1.807, 2.05) is 0 Å². The lowest BCUT2D eigenvalue weighted by molar-refractivity contribution is 0.128. The van der Waals surface area contributed by atoms with Gasteiger partial charge in [-0.1, -0.05) is 0 Å². The third kappa shape index (κ3) is 1.55. The molecule has 3 heterocycles. The Morgan fingerprint density at radius 1 is 1.33 bits per heavy atom. The van der Waals surface area contributed by atoms with E-state index in [4.69, 9.17) is 0 Å². The molecule has 0 saturated carbocycles. The first-order valence-electron chi connectivity index (χ1n) is 5.68. The Bertz CT molecular complexity index is 356. The molecule has 0 radical (unpaired) electrons. The number of aliphatic hydroxyl groups is 1. The molecule has 15 heavy (non-hydrogen) atoms. The molecule has 2 unspecified atom stereocenters. The van der Waals surface area contributed by atoms with E-state index < -0.39 is 0 Å². The van der Waals surface area contributed by atoms with E-state index in [9.17, 15) is 5.11 Å². The summed E-state index contributed by atoms with van der Waals surface area (Å²) in [6.45, 7) is 1.73. The average Bonchev–Trinajstić information content (AvgIpc) is 2.83. The van der Waals surface area contributed by atoms with Crippen LogP contribution in [0, 0.1) is 0 Å². The minimum absolute atomic E-state index is 0.228. The molecule has 2 atom stereocenters. The molecular weight excluding hydrogens is 192 g/mol. The topological polar surface area (TPSA) is 63.0 Å². The Balaban J connectivity index is 1.92. The summed E-state index contributed by atoms with van der Waals surface area (Å²) in [7, 11) is 0. The molecule has 5 nitrogen and oxygen atoms in total. The van der Waals surface area contributed by atoms with Crippen LogP contribution in [-0.2, 0) is 13.0 Å². The molecule has 1 saturated heterocycles. The molecule has 82 valence electrons. The van der Waals surface area contributed by atoms with Crippen LogP contribution in [0.15, 0.2) is 0 Å². The predicted molar refractivity (Wildman–Crippen MR) is 54.3 cm³/mol. The maximum absolute atomic E-state index is 9.64. The number of aliphatic hydroxyl groups excluding tert-OH is 1. The number of fused-ring (bicyclic) bond motifs is 1. The summed E-state index contributed by atoms with van der Waals surface area (Å²) in [5, 5.41) is 21.5. The monoisotopic (exact) mass is 208 g/mol. The summed E-state index contributed by atoms with van der Waals surface area (Å²) >= 11 is 0. The lowest BCUT2D eigenvalue weighted by Crippen LogP contribution is -2.28. The van der Waals surface area contributed by atoms with E-state index in [1.54, 1.807) is 0 Å². The zero-order chi connectivity index (χ0) is 10.3. The molecule has 0 spiro atoms. The zero-order valence-electron chi connectivity index (χ0n) is 8.69. The van der Waals surface area contributed by atoms with Gasteiger partial charge in [0.25, 0.3) is 0 Å². The molecule has 2 aliphatic heterocycles. The highest BCUT2D eigenvalue weighted by atomic mass is 16.3. The summed E-state index contributed by atoms with van der Waals surface area (Å²) in [4.78, 5) is 0. The van der Waals surface area contributed by atoms with E-state index in [0.29, 0.717) is 12.6 Å². The van der Waals surface area contributed by atoms with Crippen molar-refractivity contribution in [3.05, 3.63) is 11.6 Å². The molecule has 0 aromatic carbocycles. The molecular formula is C10H16N4O. The van der Waals surface area contributed by atoms with Crippen molar-refractivity contribution in [2.24, 2.45) is 0 Å². The molecule has 0 aliphatic carbocycles. The lowest BCUT2D eigenvalue weighted by atomic mass is 10.1. The second kappa shape index (κ2) is 3.57. The van der Waals surface area contributed by atoms with Crippen LogP contribution in [0.25, 0.3) is 0 Å². The van der Waals surface area contributed by atoms with Crippen LogP contribution in [0.5, 0.6) is 0 Å². The average molecular weight is 208 g/mol. The third-order valence-electron chi connectivity index (χ3n) is 3.32. The van der Waals surface area contributed by atoms with Gasteiger partial charge < -0.3 is 15.0 Å². The van der Waals surface area contributed by atoms with Gasteiger partial charge in [-0.3, -0.25) is 0 Å².